The van der Waals surface area contributed by atoms with E-state index in [4.69, 9.17) is 22.9 Å². The Hall–Kier alpha value is -6.44. The fraction of sp³-hybridized carbons (Fsp3) is 0.636. The van der Waals surface area contributed by atoms with E-state index in [1.807, 2.05) is 5.32 Å². The van der Waals surface area contributed by atoms with Gasteiger partial charge >= 0.3 is 17.9 Å². The van der Waals surface area contributed by atoms with Crippen LogP contribution < -0.4 is 54.8 Å². The zero-order valence-electron chi connectivity index (χ0n) is 32.4. The highest BCUT2D eigenvalue weighted by Gasteiger charge is 2.35. The van der Waals surface area contributed by atoms with E-state index in [-0.39, 0.29) is 25.2 Å². The van der Waals surface area contributed by atoms with Crippen LogP contribution in [0.1, 0.15) is 78.1 Å². The fourth-order valence-corrected chi connectivity index (χ4v) is 4.99. The van der Waals surface area contributed by atoms with Crippen LogP contribution in [0.2, 0.25) is 0 Å². The standard InChI is InChI=1S/C33H54N10O16/c1-14(2)11-19(30(55)39-17(6-10-25(48)49)28(53)40-18(33(58)59)5-9-24(37)47)41-31(56)20(12-26(50)51)42-32(57)21(13-44)43-29(54)16(4-8-23(36)46)38-27(52)15(34)3-7-22(35)45/h14-21,44H,3-13,34H2,1-2H3,(H2,35,45)(H2,36,46)(H2,37,47)(H,38,52)(H,39,55)(H,40,53)(H,41,56)(H,42,57)(H,43,54)(H,48,49)(H,50,51)(H,58,59). The zero-order valence-corrected chi connectivity index (χ0v) is 32.4. The van der Waals surface area contributed by atoms with Crippen molar-refractivity contribution in [3.63, 3.8) is 0 Å². The predicted octanol–water partition coefficient (Wildman–Crippen LogP) is -6.52. The van der Waals surface area contributed by atoms with Gasteiger partial charge in [-0.15, -0.1) is 0 Å². The van der Waals surface area contributed by atoms with Gasteiger partial charge < -0.3 is 75.3 Å². The number of rotatable bonds is 30. The number of carbonyl (C=O) groups excluding carboxylic acids is 9. The Kier molecular flexibility index (Phi) is 23.6. The molecule has 26 nitrogen and oxygen atoms in total. The molecule has 9 amide bonds. The van der Waals surface area contributed by atoms with E-state index in [0.717, 1.165) is 0 Å². The molecule has 0 aromatic rings. The number of carboxylic acids is 3. The van der Waals surface area contributed by atoms with E-state index in [1.165, 1.54) is 0 Å². The van der Waals surface area contributed by atoms with Gasteiger partial charge in [0, 0.05) is 25.7 Å². The molecule has 0 saturated heterocycles. The Morgan fingerprint density at radius 1 is 0.458 bits per heavy atom. The first-order chi connectivity index (χ1) is 27.4. The fourth-order valence-electron chi connectivity index (χ4n) is 4.99. The summed E-state index contributed by atoms with van der Waals surface area (Å²) in [6.07, 6.45) is -4.84. The molecule has 26 heteroatoms. The van der Waals surface area contributed by atoms with Gasteiger partial charge in [-0.1, -0.05) is 13.8 Å². The minimum absolute atomic E-state index is 0.186. The molecule has 0 aliphatic heterocycles. The quantitative estimate of drug-likeness (QED) is 0.0320. The third-order valence-electron chi connectivity index (χ3n) is 8.09. The first kappa shape index (κ1) is 52.6. The molecular weight excluding hydrogens is 792 g/mol. The topological polar surface area (TPSA) is 462 Å². The largest absolute Gasteiger partial charge is 0.481 e. The summed E-state index contributed by atoms with van der Waals surface area (Å²) >= 11 is 0. The van der Waals surface area contributed by atoms with Crippen LogP contribution in [-0.4, -0.2) is 140 Å². The van der Waals surface area contributed by atoms with E-state index in [0.29, 0.717) is 0 Å². The van der Waals surface area contributed by atoms with Crippen LogP contribution in [0.25, 0.3) is 0 Å². The summed E-state index contributed by atoms with van der Waals surface area (Å²) in [5.74, 6) is -14.5. The highest BCUT2D eigenvalue weighted by molar-refractivity contribution is 5.98. The van der Waals surface area contributed by atoms with Crippen LogP contribution in [0.4, 0.5) is 0 Å². The lowest BCUT2D eigenvalue weighted by atomic mass is 10.0. The van der Waals surface area contributed by atoms with Crippen LogP contribution in [0.3, 0.4) is 0 Å². The van der Waals surface area contributed by atoms with Crippen molar-refractivity contribution >= 4 is 71.1 Å². The van der Waals surface area contributed by atoms with Gasteiger partial charge in [0.15, 0.2) is 0 Å². The summed E-state index contributed by atoms with van der Waals surface area (Å²) < 4.78 is 0. The molecule has 18 N–H and O–H groups in total. The van der Waals surface area contributed by atoms with Crippen LogP contribution in [-0.2, 0) is 57.5 Å². The number of nitrogens with one attached hydrogen (secondary N) is 6. The number of aliphatic carboxylic acids is 3. The summed E-state index contributed by atoms with van der Waals surface area (Å²) in [6, 6.07) is -11.8. The predicted molar refractivity (Wildman–Crippen MR) is 198 cm³/mol. The Morgan fingerprint density at radius 3 is 1.25 bits per heavy atom. The first-order valence-corrected chi connectivity index (χ1v) is 18.1. The van der Waals surface area contributed by atoms with Crippen LogP contribution in [0, 0.1) is 5.92 Å². The molecule has 7 atom stereocenters. The third kappa shape index (κ3) is 22.2. The van der Waals surface area contributed by atoms with Crippen molar-refractivity contribution < 1.29 is 78.0 Å². The number of primary amides is 3. The summed E-state index contributed by atoms with van der Waals surface area (Å²) in [5, 5.41) is 51.0. The number of amides is 9. The van der Waals surface area contributed by atoms with E-state index < -0.39 is 165 Å². The minimum Gasteiger partial charge on any atom is -0.481 e. The average molecular weight is 847 g/mol. The lowest BCUT2D eigenvalue weighted by Gasteiger charge is -2.27. The molecule has 0 aliphatic rings. The van der Waals surface area contributed by atoms with E-state index >= 15 is 0 Å². The lowest BCUT2D eigenvalue weighted by molar-refractivity contribution is -0.143. The molecule has 332 valence electrons. The van der Waals surface area contributed by atoms with Crippen LogP contribution in [0.5, 0.6) is 0 Å². The Morgan fingerprint density at radius 2 is 0.814 bits per heavy atom. The Bertz CT molecular complexity index is 1570. The minimum atomic E-state index is -1.99. The molecule has 0 aromatic heterocycles. The third-order valence-corrected chi connectivity index (χ3v) is 8.09. The number of hydrogen-bond acceptors (Lipinski definition) is 14. The summed E-state index contributed by atoms with van der Waals surface area (Å²) in [4.78, 5) is 147. The number of carboxylic acid groups (broad SMARTS) is 3. The number of nitrogens with two attached hydrogens (primary N) is 4. The van der Waals surface area contributed by atoms with E-state index in [2.05, 4.69) is 26.6 Å². The molecule has 0 spiro atoms. The molecule has 0 saturated carbocycles. The molecule has 7 unspecified atom stereocenters. The second-order valence-electron chi connectivity index (χ2n) is 13.7. The van der Waals surface area contributed by atoms with E-state index in [1.54, 1.807) is 13.8 Å². The second-order valence-corrected chi connectivity index (χ2v) is 13.7. The normalized spacial score (nSPS) is 14.4. The maximum atomic E-state index is 13.5. The van der Waals surface area contributed by atoms with Gasteiger partial charge in [0.25, 0.3) is 0 Å². The molecule has 0 radical (unpaired) electrons. The summed E-state index contributed by atoms with van der Waals surface area (Å²) in [5.41, 5.74) is 21.0. The number of aliphatic hydroxyl groups is 1. The monoisotopic (exact) mass is 846 g/mol. The van der Waals surface area contributed by atoms with Gasteiger partial charge in [0.05, 0.1) is 19.1 Å². The molecule has 0 aliphatic carbocycles. The van der Waals surface area contributed by atoms with Crippen molar-refractivity contribution in [1.29, 1.82) is 0 Å². The van der Waals surface area contributed by atoms with Crippen LogP contribution in [0.15, 0.2) is 0 Å². The smallest absolute Gasteiger partial charge is 0.326 e. The number of hydrogen-bond donors (Lipinski definition) is 14. The Labute approximate surface area is 336 Å². The maximum absolute atomic E-state index is 13.5. The van der Waals surface area contributed by atoms with Crippen molar-refractivity contribution in [3.8, 4) is 0 Å². The molecule has 0 fully saturated rings. The Balaban J connectivity index is 6.25. The molecule has 59 heavy (non-hydrogen) atoms. The highest BCUT2D eigenvalue weighted by atomic mass is 16.4. The number of aliphatic hydroxyl groups excluding tert-OH is 1. The van der Waals surface area contributed by atoms with Gasteiger partial charge in [-0.2, -0.15) is 0 Å². The van der Waals surface area contributed by atoms with Gasteiger partial charge in [0.1, 0.15) is 36.3 Å². The van der Waals surface area contributed by atoms with Gasteiger partial charge in [-0.3, -0.25) is 52.7 Å². The zero-order chi connectivity index (χ0) is 45.6. The van der Waals surface area contributed by atoms with Crippen molar-refractivity contribution in [1.82, 2.24) is 31.9 Å². The van der Waals surface area contributed by atoms with Crippen LogP contribution >= 0.6 is 0 Å². The van der Waals surface area contributed by atoms with Crippen molar-refractivity contribution in [2.45, 2.75) is 120 Å². The molecule has 0 bridgehead atoms. The average Bonchev–Trinajstić information content (AvgIpc) is 3.12. The molecular formula is C33H54N10O16. The van der Waals surface area contributed by atoms with Crippen molar-refractivity contribution in [2.24, 2.45) is 28.9 Å². The SMILES string of the molecule is CC(C)CC(NC(=O)C(CC(=O)O)NC(=O)C(CO)NC(=O)C(CCC(N)=O)NC(=O)C(N)CCC(N)=O)C(=O)NC(CCC(=O)O)C(=O)NC(CCC(N)=O)C(=O)O. The van der Waals surface area contributed by atoms with E-state index in [9.17, 15) is 78.0 Å². The van der Waals surface area contributed by atoms with Crippen molar-refractivity contribution in [3.05, 3.63) is 0 Å². The van der Waals surface area contributed by atoms with Gasteiger partial charge in [-0.05, 0) is 38.0 Å². The summed E-state index contributed by atoms with van der Waals surface area (Å²) in [7, 11) is 0. The van der Waals surface area contributed by atoms with Crippen molar-refractivity contribution in [2.75, 3.05) is 6.61 Å². The second kappa shape index (κ2) is 26.5. The molecule has 0 heterocycles. The lowest BCUT2D eigenvalue weighted by Crippen LogP contribution is -2.60. The highest BCUT2D eigenvalue weighted by Crippen LogP contribution is 2.10. The number of carbonyl (C=O) groups is 12. The molecule has 0 aromatic carbocycles. The van der Waals surface area contributed by atoms with Gasteiger partial charge in [0.2, 0.25) is 53.2 Å². The maximum Gasteiger partial charge on any atom is 0.326 e. The summed E-state index contributed by atoms with van der Waals surface area (Å²) in [6.45, 7) is 2.06. The first-order valence-electron chi connectivity index (χ1n) is 18.1. The molecule has 0 rings (SSSR count). The van der Waals surface area contributed by atoms with Gasteiger partial charge in [-0.25, -0.2) is 4.79 Å².